The molecule has 0 radical (unpaired) electrons. The van der Waals surface area contributed by atoms with Gasteiger partial charge in [-0.15, -0.1) is 0 Å². The first-order chi connectivity index (χ1) is 13.0. The Morgan fingerprint density at radius 3 is 2.30 bits per heavy atom. The highest BCUT2D eigenvalue weighted by Crippen LogP contribution is 2.17. The van der Waals surface area contributed by atoms with Crippen LogP contribution < -0.4 is 10.1 Å². The molecule has 0 atom stereocenters. The number of benzene rings is 2. The Kier molecular flexibility index (Phi) is 6.35. The largest absolute Gasteiger partial charge is 0.497 e. The van der Waals surface area contributed by atoms with Gasteiger partial charge in [0.15, 0.2) is 0 Å². The van der Waals surface area contributed by atoms with Gasteiger partial charge in [-0.1, -0.05) is 23.7 Å². The van der Waals surface area contributed by atoms with Gasteiger partial charge in [0.25, 0.3) is 5.91 Å². The van der Waals surface area contributed by atoms with Crippen LogP contribution in [0.2, 0.25) is 5.02 Å². The van der Waals surface area contributed by atoms with Crippen molar-refractivity contribution in [3.63, 3.8) is 0 Å². The minimum atomic E-state index is -0.00254. The maximum atomic E-state index is 12.6. The van der Waals surface area contributed by atoms with Gasteiger partial charge in [-0.25, -0.2) is 0 Å². The SMILES string of the molecule is COc1ccc(C(=O)N2CCC(NC(=O)Cc3ccc(Cl)cc3)CC2)cc1. The Hall–Kier alpha value is -2.53. The fourth-order valence-corrected chi connectivity index (χ4v) is 3.34. The van der Waals surface area contributed by atoms with E-state index in [1.165, 1.54) is 0 Å². The molecular formula is C21H23ClN2O3. The summed E-state index contributed by atoms with van der Waals surface area (Å²) in [5, 5.41) is 3.73. The van der Waals surface area contributed by atoms with E-state index in [4.69, 9.17) is 16.3 Å². The van der Waals surface area contributed by atoms with Crippen LogP contribution in [0.3, 0.4) is 0 Å². The van der Waals surface area contributed by atoms with E-state index in [-0.39, 0.29) is 17.9 Å². The van der Waals surface area contributed by atoms with Crippen molar-refractivity contribution in [1.29, 1.82) is 0 Å². The van der Waals surface area contributed by atoms with Crippen LogP contribution in [0.5, 0.6) is 5.75 Å². The number of amides is 2. The van der Waals surface area contributed by atoms with Crippen molar-refractivity contribution in [3.8, 4) is 5.75 Å². The second kappa shape index (κ2) is 8.91. The van der Waals surface area contributed by atoms with Crippen molar-refractivity contribution in [1.82, 2.24) is 10.2 Å². The number of hydrogen-bond donors (Lipinski definition) is 1. The van der Waals surface area contributed by atoms with E-state index < -0.39 is 0 Å². The Labute approximate surface area is 164 Å². The van der Waals surface area contributed by atoms with E-state index in [1.807, 2.05) is 17.0 Å². The summed E-state index contributed by atoms with van der Waals surface area (Å²) < 4.78 is 5.12. The number of halogens is 1. The molecule has 2 aromatic carbocycles. The summed E-state index contributed by atoms with van der Waals surface area (Å²) in [6, 6.07) is 14.5. The smallest absolute Gasteiger partial charge is 0.253 e. The lowest BCUT2D eigenvalue weighted by Crippen LogP contribution is -2.46. The monoisotopic (exact) mass is 386 g/mol. The first kappa shape index (κ1) is 19.2. The zero-order valence-electron chi connectivity index (χ0n) is 15.3. The predicted octanol–water partition coefficient (Wildman–Crippen LogP) is 3.31. The number of hydrogen-bond acceptors (Lipinski definition) is 3. The lowest BCUT2D eigenvalue weighted by Gasteiger charge is -2.32. The molecule has 0 aromatic heterocycles. The van der Waals surface area contributed by atoms with Gasteiger partial charge >= 0.3 is 0 Å². The summed E-state index contributed by atoms with van der Waals surface area (Å²) in [5.41, 5.74) is 1.59. The first-order valence-corrected chi connectivity index (χ1v) is 9.40. The number of carbonyl (C=O) groups excluding carboxylic acids is 2. The lowest BCUT2D eigenvalue weighted by atomic mass is 10.0. The van der Waals surface area contributed by atoms with Crippen LogP contribution in [0.1, 0.15) is 28.8 Å². The second-order valence-electron chi connectivity index (χ2n) is 6.67. The van der Waals surface area contributed by atoms with Crippen LogP contribution in [-0.2, 0) is 11.2 Å². The third kappa shape index (κ3) is 5.23. The van der Waals surface area contributed by atoms with Crippen LogP contribution in [0, 0.1) is 0 Å². The molecule has 0 spiro atoms. The van der Waals surface area contributed by atoms with Gasteiger partial charge in [-0.05, 0) is 54.8 Å². The van der Waals surface area contributed by atoms with Crippen molar-refractivity contribution in [2.45, 2.75) is 25.3 Å². The number of carbonyl (C=O) groups is 2. The molecule has 1 fully saturated rings. The number of nitrogens with one attached hydrogen (secondary N) is 1. The van der Waals surface area contributed by atoms with Crippen LogP contribution in [0.15, 0.2) is 48.5 Å². The van der Waals surface area contributed by atoms with E-state index in [2.05, 4.69) is 5.32 Å². The summed E-state index contributed by atoms with van der Waals surface area (Å²) in [6.07, 6.45) is 1.85. The highest BCUT2D eigenvalue weighted by Gasteiger charge is 2.24. The van der Waals surface area contributed by atoms with Crippen molar-refractivity contribution >= 4 is 23.4 Å². The number of rotatable bonds is 5. The first-order valence-electron chi connectivity index (χ1n) is 9.02. The second-order valence-corrected chi connectivity index (χ2v) is 7.10. The van der Waals surface area contributed by atoms with Crippen molar-refractivity contribution in [2.75, 3.05) is 20.2 Å². The number of nitrogens with zero attached hydrogens (tertiary/aromatic N) is 1. The fraction of sp³-hybridized carbons (Fsp3) is 0.333. The van der Waals surface area contributed by atoms with Crippen molar-refractivity contribution in [3.05, 3.63) is 64.7 Å². The summed E-state index contributed by atoms with van der Waals surface area (Å²) in [7, 11) is 1.60. The van der Waals surface area contributed by atoms with E-state index >= 15 is 0 Å². The average molecular weight is 387 g/mol. The Morgan fingerprint density at radius 1 is 1.07 bits per heavy atom. The van der Waals surface area contributed by atoms with Gasteiger partial charge in [0.2, 0.25) is 5.91 Å². The molecule has 2 amide bonds. The standard InChI is InChI=1S/C21H23ClN2O3/c1-27-19-8-4-16(5-9-19)21(26)24-12-10-18(11-13-24)23-20(25)14-15-2-6-17(22)7-3-15/h2-9,18H,10-14H2,1H3,(H,23,25). The van der Waals surface area contributed by atoms with Gasteiger partial charge < -0.3 is 15.0 Å². The molecular weight excluding hydrogens is 364 g/mol. The highest BCUT2D eigenvalue weighted by atomic mass is 35.5. The maximum absolute atomic E-state index is 12.6. The highest BCUT2D eigenvalue weighted by molar-refractivity contribution is 6.30. The lowest BCUT2D eigenvalue weighted by molar-refractivity contribution is -0.121. The zero-order valence-corrected chi connectivity index (χ0v) is 16.0. The van der Waals surface area contributed by atoms with E-state index in [9.17, 15) is 9.59 Å². The minimum Gasteiger partial charge on any atom is -0.497 e. The van der Waals surface area contributed by atoms with Crippen LogP contribution in [0.25, 0.3) is 0 Å². The van der Waals surface area contributed by atoms with Gasteiger partial charge in [-0.2, -0.15) is 0 Å². The molecule has 3 rings (SSSR count). The Bertz CT molecular complexity index is 782. The summed E-state index contributed by atoms with van der Waals surface area (Å²) in [4.78, 5) is 26.6. The summed E-state index contributed by atoms with van der Waals surface area (Å²) >= 11 is 5.86. The molecule has 0 bridgehead atoms. The third-order valence-corrected chi connectivity index (χ3v) is 5.01. The van der Waals surface area contributed by atoms with Gasteiger partial charge in [0.05, 0.1) is 13.5 Å². The summed E-state index contributed by atoms with van der Waals surface area (Å²) in [5.74, 6) is 0.745. The van der Waals surface area contributed by atoms with E-state index in [0.29, 0.717) is 30.1 Å². The predicted molar refractivity (Wildman–Crippen MR) is 105 cm³/mol. The van der Waals surface area contributed by atoms with Gasteiger partial charge in [-0.3, -0.25) is 9.59 Å². The molecule has 1 aliphatic heterocycles. The van der Waals surface area contributed by atoms with Gasteiger partial charge in [0, 0.05) is 29.7 Å². The normalized spacial score (nSPS) is 14.7. The molecule has 5 nitrogen and oxygen atoms in total. The number of likely N-dealkylation sites (tertiary alicyclic amines) is 1. The quantitative estimate of drug-likeness (QED) is 0.857. The maximum Gasteiger partial charge on any atom is 0.253 e. The van der Waals surface area contributed by atoms with E-state index in [0.717, 1.165) is 24.2 Å². The van der Waals surface area contributed by atoms with Gasteiger partial charge in [0.1, 0.15) is 5.75 Å². The number of ether oxygens (including phenoxy) is 1. The minimum absolute atomic E-state index is 0.00254. The Balaban J connectivity index is 1.47. The number of piperidine rings is 1. The molecule has 1 aliphatic rings. The molecule has 0 aliphatic carbocycles. The zero-order chi connectivity index (χ0) is 19.2. The Morgan fingerprint density at radius 2 is 1.70 bits per heavy atom. The van der Waals surface area contributed by atoms with Crippen LogP contribution in [-0.4, -0.2) is 43.0 Å². The molecule has 142 valence electrons. The van der Waals surface area contributed by atoms with E-state index in [1.54, 1.807) is 43.5 Å². The summed E-state index contributed by atoms with van der Waals surface area (Å²) in [6.45, 7) is 1.27. The third-order valence-electron chi connectivity index (χ3n) is 4.76. The molecule has 2 aromatic rings. The van der Waals surface area contributed by atoms with Crippen LogP contribution >= 0.6 is 11.6 Å². The number of methoxy groups -OCH3 is 1. The molecule has 27 heavy (non-hydrogen) atoms. The average Bonchev–Trinajstić information content (AvgIpc) is 2.70. The van der Waals surface area contributed by atoms with Crippen molar-refractivity contribution in [2.24, 2.45) is 0 Å². The molecule has 1 N–H and O–H groups in total. The molecule has 1 saturated heterocycles. The molecule has 0 unspecified atom stereocenters. The van der Waals surface area contributed by atoms with Crippen LogP contribution in [0.4, 0.5) is 0 Å². The molecule has 1 heterocycles. The topological polar surface area (TPSA) is 58.6 Å². The molecule has 6 heteroatoms. The van der Waals surface area contributed by atoms with Crippen molar-refractivity contribution < 1.29 is 14.3 Å². The molecule has 0 saturated carbocycles. The fourth-order valence-electron chi connectivity index (χ4n) is 3.21.